The summed E-state index contributed by atoms with van der Waals surface area (Å²) in [5, 5.41) is 0. The monoisotopic (exact) mass is 150 g/mol. The van der Waals surface area contributed by atoms with Gasteiger partial charge in [0.25, 0.3) is 0 Å². The quantitative estimate of drug-likeness (QED) is 0.425. The molecule has 0 saturated carbocycles. The van der Waals surface area contributed by atoms with Crippen molar-refractivity contribution in [1.29, 1.82) is 0 Å². The highest BCUT2D eigenvalue weighted by molar-refractivity contribution is 5.04. The standard InChI is InChI=1S/C11H18/c1-5-8-11(7-3)9-10(4)6-2/h3,6,11H,5,8-9H2,1-2,4H3. The Balaban J connectivity index is 3.80. The van der Waals surface area contributed by atoms with E-state index in [0.29, 0.717) is 5.92 Å². The third kappa shape index (κ3) is 4.67. The van der Waals surface area contributed by atoms with E-state index in [4.69, 9.17) is 6.42 Å². The fourth-order valence-electron chi connectivity index (χ4n) is 1.10. The topological polar surface area (TPSA) is 0 Å². The van der Waals surface area contributed by atoms with Crippen LogP contribution in [0.25, 0.3) is 0 Å². The first-order valence-corrected chi connectivity index (χ1v) is 4.32. The molecule has 0 saturated heterocycles. The molecule has 1 unspecified atom stereocenters. The average molecular weight is 150 g/mol. The zero-order valence-electron chi connectivity index (χ0n) is 7.85. The second-order valence-corrected chi connectivity index (χ2v) is 2.99. The lowest BCUT2D eigenvalue weighted by Gasteiger charge is -2.08. The first-order chi connectivity index (χ1) is 5.24. The lowest BCUT2D eigenvalue weighted by Crippen LogP contribution is -1.96. The first kappa shape index (κ1) is 10.3. The van der Waals surface area contributed by atoms with E-state index in [9.17, 15) is 0 Å². The Kier molecular flexibility index (Phi) is 5.65. The summed E-state index contributed by atoms with van der Waals surface area (Å²) in [5.74, 6) is 3.28. The fourth-order valence-corrected chi connectivity index (χ4v) is 1.10. The minimum Gasteiger partial charge on any atom is -0.120 e. The van der Waals surface area contributed by atoms with Gasteiger partial charge in [0, 0.05) is 5.92 Å². The van der Waals surface area contributed by atoms with Gasteiger partial charge in [-0.2, -0.15) is 0 Å². The summed E-state index contributed by atoms with van der Waals surface area (Å²) in [5.41, 5.74) is 1.40. The van der Waals surface area contributed by atoms with Gasteiger partial charge < -0.3 is 0 Å². The second kappa shape index (κ2) is 6.04. The van der Waals surface area contributed by atoms with Gasteiger partial charge in [0.05, 0.1) is 0 Å². The van der Waals surface area contributed by atoms with Gasteiger partial charge in [0.2, 0.25) is 0 Å². The van der Waals surface area contributed by atoms with Gasteiger partial charge in [0.15, 0.2) is 0 Å². The van der Waals surface area contributed by atoms with Crippen molar-refractivity contribution in [1.82, 2.24) is 0 Å². The van der Waals surface area contributed by atoms with Crippen LogP contribution >= 0.6 is 0 Å². The molecule has 0 aliphatic rings. The Morgan fingerprint density at radius 1 is 1.64 bits per heavy atom. The molecule has 0 spiro atoms. The van der Waals surface area contributed by atoms with Crippen molar-refractivity contribution in [3.8, 4) is 12.3 Å². The molecule has 0 fully saturated rings. The second-order valence-electron chi connectivity index (χ2n) is 2.99. The molecule has 1 atom stereocenters. The van der Waals surface area contributed by atoms with Crippen molar-refractivity contribution in [3.05, 3.63) is 11.6 Å². The number of hydrogen-bond donors (Lipinski definition) is 0. The molecule has 0 radical (unpaired) electrons. The normalized spacial score (nSPS) is 14.2. The van der Waals surface area contributed by atoms with E-state index >= 15 is 0 Å². The largest absolute Gasteiger partial charge is 0.120 e. The van der Waals surface area contributed by atoms with Crippen LogP contribution in [-0.2, 0) is 0 Å². The molecular weight excluding hydrogens is 132 g/mol. The molecule has 0 aliphatic heterocycles. The molecule has 0 aromatic carbocycles. The summed E-state index contributed by atoms with van der Waals surface area (Å²) >= 11 is 0. The third-order valence-corrected chi connectivity index (χ3v) is 1.93. The fraction of sp³-hybridized carbons (Fsp3) is 0.636. The van der Waals surface area contributed by atoms with Gasteiger partial charge in [-0.3, -0.25) is 0 Å². The Labute approximate surface area is 70.7 Å². The molecule has 0 aromatic heterocycles. The van der Waals surface area contributed by atoms with E-state index in [-0.39, 0.29) is 0 Å². The number of rotatable bonds is 4. The van der Waals surface area contributed by atoms with Gasteiger partial charge >= 0.3 is 0 Å². The van der Waals surface area contributed by atoms with Gasteiger partial charge in [-0.05, 0) is 26.7 Å². The molecule has 0 nitrogen and oxygen atoms in total. The smallest absolute Gasteiger partial charge is 0.0237 e. The summed E-state index contributed by atoms with van der Waals surface area (Å²) < 4.78 is 0. The molecule has 0 bridgehead atoms. The predicted molar refractivity (Wildman–Crippen MR) is 51.3 cm³/mol. The molecule has 62 valence electrons. The van der Waals surface area contributed by atoms with E-state index in [0.717, 1.165) is 12.8 Å². The third-order valence-electron chi connectivity index (χ3n) is 1.93. The Morgan fingerprint density at radius 3 is 2.64 bits per heavy atom. The Morgan fingerprint density at radius 2 is 2.27 bits per heavy atom. The van der Waals surface area contributed by atoms with E-state index in [2.05, 4.69) is 32.8 Å². The molecule has 0 aliphatic carbocycles. The van der Waals surface area contributed by atoms with Crippen LogP contribution in [0.3, 0.4) is 0 Å². The van der Waals surface area contributed by atoms with Gasteiger partial charge in [-0.15, -0.1) is 12.3 Å². The summed E-state index contributed by atoms with van der Waals surface area (Å²) in [7, 11) is 0. The zero-order chi connectivity index (χ0) is 8.69. The minimum absolute atomic E-state index is 0.455. The minimum atomic E-state index is 0.455. The highest BCUT2D eigenvalue weighted by Gasteiger charge is 2.02. The molecule has 0 rings (SSSR count). The van der Waals surface area contributed by atoms with Crippen molar-refractivity contribution in [2.75, 3.05) is 0 Å². The average Bonchev–Trinajstić information content (AvgIpc) is 2.03. The SMILES string of the molecule is C#CC(CCC)CC(C)=CC. The van der Waals surface area contributed by atoms with Gasteiger partial charge in [0.1, 0.15) is 0 Å². The van der Waals surface area contributed by atoms with Gasteiger partial charge in [-0.1, -0.05) is 25.0 Å². The highest BCUT2D eigenvalue weighted by Crippen LogP contribution is 2.15. The molecule has 0 heterocycles. The predicted octanol–water partition coefficient (Wildman–Crippen LogP) is 3.39. The van der Waals surface area contributed by atoms with Crippen LogP contribution in [-0.4, -0.2) is 0 Å². The number of allylic oxidation sites excluding steroid dienone is 2. The highest BCUT2D eigenvalue weighted by atomic mass is 14.1. The van der Waals surface area contributed by atoms with Crippen molar-refractivity contribution >= 4 is 0 Å². The van der Waals surface area contributed by atoms with E-state index < -0.39 is 0 Å². The van der Waals surface area contributed by atoms with Crippen molar-refractivity contribution in [3.63, 3.8) is 0 Å². The van der Waals surface area contributed by atoms with Crippen LogP contribution in [0.4, 0.5) is 0 Å². The zero-order valence-corrected chi connectivity index (χ0v) is 7.85. The molecule has 0 N–H and O–H groups in total. The van der Waals surface area contributed by atoms with Crippen LogP contribution in [0.2, 0.25) is 0 Å². The summed E-state index contributed by atoms with van der Waals surface area (Å²) in [4.78, 5) is 0. The maximum atomic E-state index is 5.38. The van der Waals surface area contributed by atoms with E-state index in [1.54, 1.807) is 0 Å². The van der Waals surface area contributed by atoms with E-state index in [1.807, 2.05) is 0 Å². The first-order valence-electron chi connectivity index (χ1n) is 4.32. The van der Waals surface area contributed by atoms with Crippen LogP contribution in [0.15, 0.2) is 11.6 Å². The lowest BCUT2D eigenvalue weighted by atomic mass is 9.96. The molecule has 11 heavy (non-hydrogen) atoms. The summed E-state index contributed by atoms with van der Waals surface area (Å²) in [6.45, 7) is 6.38. The lowest BCUT2D eigenvalue weighted by molar-refractivity contribution is 0.593. The molecular formula is C11H18. The number of terminal acetylenes is 1. The molecule has 0 aromatic rings. The van der Waals surface area contributed by atoms with Crippen molar-refractivity contribution in [2.24, 2.45) is 5.92 Å². The Bertz CT molecular complexity index is 157. The van der Waals surface area contributed by atoms with E-state index in [1.165, 1.54) is 12.0 Å². The van der Waals surface area contributed by atoms with Crippen molar-refractivity contribution in [2.45, 2.75) is 40.0 Å². The van der Waals surface area contributed by atoms with Crippen LogP contribution < -0.4 is 0 Å². The maximum absolute atomic E-state index is 5.38. The van der Waals surface area contributed by atoms with Crippen molar-refractivity contribution < 1.29 is 0 Å². The van der Waals surface area contributed by atoms with Crippen LogP contribution in [0, 0.1) is 18.3 Å². The Hall–Kier alpha value is -0.700. The molecule has 0 amide bonds. The summed E-state index contributed by atoms with van der Waals surface area (Å²) in [6.07, 6.45) is 10.9. The molecule has 0 heteroatoms. The van der Waals surface area contributed by atoms with Crippen LogP contribution in [0.1, 0.15) is 40.0 Å². The maximum Gasteiger partial charge on any atom is 0.0237 e. The van der Waals surface area contributed by atoms with Gasteiger partial charge in [-0.25, -0.2) is 0 Å². The summed E-state index contributed by atoms with van der Waals surface area (Å²) in [6, 6.07) is 0. The van der Waals surface area contributed by atoms with Crippen LogP contribution in [0.5, 0.6) is 0 Å². The number of hydrogen-bond acceptors (Lipinski definition) is 0.